The number of rotatable bonds is 8. The third-order valence-electron chi connectivity index (χ3n) is 4.70. The number of nitrogens with one attached hydrogen (secondary N) is 2. The van der Waals surface area contributed by atoms with E-state index in [2.05, 4.69) is 17.0 Å². The first kappa shape index (κ1) is 16.2. The molecule has 2 rings (SSSR count). The van der Waals surface area contributed by atoms with Crippen LogP contribution in [0, 0.1) is 11.8 Å². The van der Waals surface area contributed by atoms with Crippen molar-refractivity contribution in [1.29, 1.82) is 0 Å². The fraction of sp³-hybridized carbons (Fsp3) is 1.00. The monoisotopic (exact) mass is 302 g/mol. The molecule has 5 heteroatoms. The average molecular weight is 302 g/mol. The first-order chi connectivity index (χ1) is 9.47. The third kappa shape index (κ3) is 5.34. The Bertz CT molecular complexity index is 393. The van der Waals surface area contributed by atoms with E-state index in [4.69, 9.17) is 0 Å². The number of sulfonamides is 1. The molecule has 2 saturated carbocycles. The second-order valence-electron chi connectivity index (χ2n) is 6.86. The Morgan fingerprint density at radius 3 is 2.60 bits per heavy atom. The smallest absolute Gasteiger partial charge is 0.215 e. The molecule has 0 aliphatic heterocycles. The van der Waals surface area contributed by atoms with Gasteiger partial charge >= 0.3 is 0 Å². The van der Waals surface area contributed by atoms with Gasteiger partial charge in [-0.25, -0.2) is 13.1 Å². The van der Waals surface area contributed by atoms with Crippen LogP contribution in [0.2, 0.25) is 0 Å². The van der Waals surface area contributed by atoms with Crippen LogP contribution in [0.25, 0.3) is 0 Å². The van der Waals surface area contributed by atoms with E-state index in [-0.39, 0.29) is 5.25 Å². The summed E-state index contributed by atoms with van der Waals surface area (Å²) in [5, 5.41) is 2.95. The van der Waals surface area contributed by atoms with Crippen molar-refractivity contribution < 1.29 is 8.42 Å². The standard InChI is InChI=1S/C15H30N2O2S/c1-12-4-3-5-14(10-12)8-9-17-20(18,19)13(2)11-16-15-6-7-15/h12-17H,3-11H2,1-2H3. The van der Waals surface area contributed by atoms with Crippen LogP contribution in [-0.2, 0) is 10.0 Å². The summed E-state index contributed by atoms with van der Waals surface area (Å²) < 4.78 is 27.0. The fourth-order valence-corrected chi connectivity index (χ4v) is 4.10. The molecule has 118 valence electrons. The van der Waals surface area contributed by atoms with Gasteiger partial charge in [-0.2, -0.15) is 0 Å². The maximum atomic E-state index is 12.1. The Morgan fingerprint density at radius 2 is 1.95 bits per heavy atom. The number of hydrogen-bond acceptors (Lipinski definition) is 3. The molecule has 3 unspecified atom stereocenters. The highest BCUT2D eigenvalue weighted by molar-refractivity contribution is 7.90. The normalized spacial score (nSPS) is 29.3. The molecule has 2 aliphatic carbocycles. The van der Waals surface area contributed by atoms with Crippen LogP contribution in [0.3, 0.4) is 0 Å². The molecule has 2 aliphatic rings. The zero-order valence-corrected chi connectivity index (χ0v) is 13.7. The van der Waals surface area contributed by atoms with Crippen LogP contribution in [0.1, 0.15) is 58.8 Å². The van der Waals surface area contributed by atoms with E-state index in [0.29, 0.717) is 25.0 Å². The maximum absolute atomic E-state index is 12.1. The molecule has 0 aromatic carbocycles. The van der Waals surface area contributed by atoms with Crippen molar-refractivity contribution in [3.8, 4) is 0 Å². The predicted octanol–water partition coefficient (Wildman–Crippen LogP) is 2.26. The molecule has 2 N–H and O–H groups in total. The average Bonchev–Trinajstić information content (AvgIpc) is 3.19. The SMILES string of the molecule is CC1CCCC(CCNS(=O)(=O)C(C)CNC2CC2)C1. The second-order valence-corrected chi connectivity index (χ2v) is 9.04. The summed E-state index contributed by atoms with van der Waals surface area (Å²) in [6, 6.07) is 0.566. The van der Waals surface area contributed by atoms with Gasteiger partial charge in [0.1, 0.15) is 0 Å². The summed E-state index contributed by atoms with van der Waals surface area (Å²) in [7, 11) is -3.16. The van der Waals surface area contributed by atoms with Crippen LogP contribution in [-0.4, -0.2) is 32.8 Å². The van der Waals surface area contributed by atoms with Crippen LogP contribution in [0.15, 0.2) is 0 Å². The van der Waals surface area contributed by atoms with Gasteiger partial charge in [0.25, 0.3) is 0 Å². The zero-order chi connectivity index (χ0) is 14.6. The molecule has 0 heterocycles. The van der Waals surface area contributed by atoms with Gasteiger partial charge in [0, 0.05) is 19.1 Å². The predicted molar refractivity (Wildman–Crippen MR) is 83.1 cm³/mol. The summed E-state index contributed by atoms with van der Waals surface area (Å²) >= 11 is 0. The van der Waals surface area contributed by atoms with Crippen molar-refractivity contribution in [2.45, 2.75) is 70.1 Å². The van der Waals surface area contributed by atoms with E-state index in [1.807, 2.05) is 0 Å². The van der Waals surface area contributed by atoms with E-state index in [9.17, 15) is 8.42 Å². The molecular formula is C15H30N2O2S. The van der Waals surface area contributed by atoms with E-state index in [1.165, 1.54) is 38.5 Å². The van der Waals surface area contributed by atoms with Crippen LogP contribution in [0.4, 0.5) is 0 Å². The van der Waals surface area contributed by atoms with Crippen molar-refractivity contribution in [3.05, 3.63) is 0 Å². The van der Waals surface area contributed by atoms with Crippen molar-refractivity contribution in [3.63, 3.8) is 0 Å². The first-order valence-electron chi connectivity index (χ1n) is 8.19. The lowest BCUT2D eigenvalue weighted by atomic mass is 9.81. The summed E-state index contributed by atoms with van der Waals surface area (Å²) in [5.74, 6) is 1.52. The van der Waals surface area contributed by atoms with Crippen molar-refractivity contribution >= 4 is 10.0 Å². The first-order valence-corrected chi connectivity index (χ1v) is 9.74. The third-order valence-corrected chi connectivity index (χ3v) is 6.53. The lowest BCUT2D eigenvalue weighted by Gasteiger charge is -2.26. The highest BCUT2D eigenvalue weighted by Crippen LogP contribution is 2.30. The molecule has 0 aromatic heterocycles. The molecule has 4 nitrogen and oxygen atoms in total. The van der Waals surface area contributed by atoms with Gasteiger partial charge in [0.15, 0.2) is 0 Å². The summed E-state index contributed by atoms with van der Waals surface area (Å²) in [6.07, 6.45) is 8.56. The van der Waals surface area contributed by atoms with E-state index in [1.54, 1.807) is 6.92 Å². The maximum Gasteiger partial charge on any atom is 0.215 e. The summed E-state index contributed by atoms with van der Waals surface area (Å²) in [5.41, 5.74) is 0. The molecule has 0 bridgehead atoms. The van der Waals surface area contributed by atoms with Gasteiger partial charge in [-0.1, -0.05) is 26.2 Å². The zero-order valence-electron chi connectivity index (χ0n) is 12.9. The lowest BCUT2D eigenvalue weighted by molar-refractivity contribution is 0.271. The van der Waals surface area contributed by atoms with Crippen molar-refractivity contribution in [2.75, 3.05) is 13.1 Å². The van der Waals surface area contributed by atoms with Gasteiger partial charge in [-0.15, -0.1) is 0 Å². The highest BCUT2D eigenvalue weighted by Gasteiger charge is 2.26. The Balaban J connectivity index is 1.65. The lowest BCUT2D eigenvalue weighted by Crippen LogP contribution is -2.40. The van der Waals surface area contributed by atoms with Crippen LogP contribution >= 0.6 is 0 Å². The molecule has 2 fully saturated rings. The Hall–Kier alpha value is -0.130. The molecule has 0 spiro atoms. The quantitative estimate of drug-likeness (QED) is 0.723. The number of hydrogen-bond donors (Lipinski definition) is 2. The largest absolute Gasteiger partial charge is 0.313 e. The molecule has 0 amide bonds. The molecule has 0 aromatic rings. The fourth-order valence-electron chi connectivity index (χ4n) is 3.10. The summed E-state index contributed by atoms with van der Waals surface area (Å²) in [4.78, 5) is 0. The topological polar surface area (TPSA) is 58.2 Å². The Labute approximate surface area is 124 Å². The minimum atomic E-state index is -3.16. The van der Waals surface area contributed by atoms with E-state index in [0.717, 1.165) is 12.3 Å². The molecular weight excluding hydrogens is 272 g/mol. The van der Waals surface area contributed by atoms with Gasteiger partial charge in [-0.3, -0.25) is 0 Å². The Kier molecular flexibility index (Phi) is 5.87. The van der Waals surface area contributed by atoms with Gasteiger partial charge in [0.05, 0.1) is 5.25 Å². The summed E-state index contributed by atoms with van der Waals surface area (Å²) in [6.45, 7) is 5.27. The van der Waals surface area contributed by atoms with E-state index < -0.39 is 10.0 Å². The van der Waals surface area contributed by atoms with Gasteiger partial charge in [0.2, 0.25) is 10.0 Å². The minimum absolute atomic E-state index is 0.339. The molecule has 3 atom stereocenters. The minimum Gasteiger partial charge on any atom is -0.313 e. The second kappa shape index (κ2) is 7.23. The van der Waals surface area contributed by atoms with Gasteiger partial charge < -0.3 is 5.32 Å². The Morgan fingerprint density at radius 1 is 1.20 bits per heavy atom. The molecule has 20 heavy (non-hydrogen) atoms. The van der Waals surface area contributed by atoms with Gasteiger partial charge in [-0.05, 0) is 44.4 Å². The van der Waals surface area contributed by atoms with E-state index >= 15 is 0 Å². The van der Waals surface area contributed by atoms with Crippen molar-refractivity contribution in [2.24, 2.45) is 11.8 Å². The van der Waals surface area contributed by atoms with Crippen LogP contribution < -0.4 is 10.0 Å². The molecule has 0 saturated heterocycles. The van der Waals surface area contributed by atoms with Crippen LogP contribution in [0.5, 0.6) is 0 Å². The van der Waals surface area contributed by atoms with Crippen molar-refractivity contribution in [1.82, 2.24) is 10.0 Å². The highest BCUT2D eigenvalue weighted by atomic mass is 32.2. The molecule has 0 radical (unpaired) electrons.